The third kappa shape index (κ3) is 3.35. The van der Waals surface area contributed by atoms with Gasteiger partial charge >= 0.3 is 0 Å². The van der Waals surface area contributed by atoms with Crippen LogP contribution in [-0.4, -0.2) is 22.7 Å². The van der Waals surface area contributed by atoms with Gasteiger partial charge in [-0.15, -0.1) is 0 Å². The molecule has 0 spiro atoms. The van der Waals surface area contributed by atoms with Gasteiger partial charge in [-0.2, -0.15) is 0 Å². The van der Waals surface area contributed by atoms with Gasteiger partial charge in [0, 0.05) is 12.5 Å². The topological polar surface area (TPSA) is 49.3 Å². The van der Waals surface area contributed by atoms with Gasteiger partial charge in [-0.05, 0) is 32.6 Å². The highest BCUT2D eigenvalue weighted by Crippen LogP contribution is 2.27. The van der Waals surface area contributed by atoms with E-state index in [2.05, 4.69) is 5.32 Å². The minimum absolute atomic E-state index is 0.0858. The molecule has 0 radical (unpaired) electrons. The summed E-state index contributed by atoms with van der Waals surface area (Å²) < 4.78 is 0. The summed E-state index contributed by atoms with van der Waals surface area (Å²) in [7, 11) is 0. The van der Waals surface area contributed by atoms with Crippen molar-refractivity contribution in [2.45, 2.75) is 57.6 Å². The van der Waals surface area contributed by atoms with E-state index in [1.165, 1.54) is 0 Å². The quantitative estimate of drug-likeness (QED) is 0.679. The zero-order valence-corrected chi connectivity index (χ0v) is 8.47. The van der Waals surface area contributed by atoms with E-state index in [9.17, 15) is 9.90 Å². The monoisotopic (exact) mass is 185 g/mol. The Kier molecular flexibility index (Phi) is 3.31. The van der Waals surface area contributed by atoms with Crippen molar-refractivity contribution in [3.8, 4) is 0 Å². The molecule has 1 fully saturated rings. The summed E-state index contributed by atoms with van der Waals surface area (Å²) >= 11 is 0. The number of aliphatic hydroxyl groups is 1. The summed E-state index contributed by atoms with van der Waals surface area (Å²) in [6.45, 7) is 3.69. The molecule has 0 aromatic heterocycles. The first-order valence-corrected chi connectivity index (χ1v) is 5.05. The Bertz CT molecular complexity index is 189. The number of amides is 1. The second-order valence-electron chi connectivity index (χ2n) is 4.21. The lowest BCUT2D eigenvalue weighted by atomic mass is 9.83. The minimum atomic E-state index is -0.579. The maximum absolute atomic E-state index is 11.1. The molecule has 0 bridgehead atoms. The Morgan fingerprint density at radius 3 is 2.92 bits per heavy atom. The van der Waals surface area contributed by atoms with Crippen molar-refractivity contribution in [1.82, 2.24) is 5.32 Å². The third-order valence-corrected chi connectivity index (χ3v) is 2.64. The molecule has 0 aromatic carbocycles. The van der Waals surface area contributed by atoms with E-state index >= 15 is 0 Å². The summed E-state index contributed by atoms with van der Waals surface area (Å²) in [6, 6.07) is 0.177. The highest BCUT2D eigenvalue weighted by Gasteiger charge is 2.30. The van der Waals surface area contributed by atoms with Crippen LogP contribution in [0.3, 0.4) is 0 Å². The zero-order chi connectivity index (χ0) is 9.90. The average molecular weight is 185 g/mol. The van der Waals surface area contributed by atoms with Crippen LogP contribution < -0.4 is 5.32 Å². The van der Waals surface area contributed by atoms with E-state index in [0.29, 0.717) is 12.8 Å². The van der Waals surface area contributed by atoms with Crippen LogP contribution in [-0.2, 0) is 4.79 Å². The van der Waals surface area contributed by atoms with Gasteiger partial charge in [-0.3, -0.25) is 4.79 Å². The molecule has 2 N–H and O–H groups in total. The van der Waals surface area contributed by atoms with Gasteiger partial charge in [0.05, 0.1) is 5.60 Å². The summed E-state index contributed by atoms with van der Waals surface area (Å²) in [4.78, 5) is 11.1. The van der Waals surface area contributed by atoms with E-state index in [1.807, 2.05) is 13.8 Å². The van der Waals surface area contributed by atoms with Crippen LogP contribution in [0.5, 0.6) is 0 Å². The molecule has 1 amide bonds. The zero-order valence-electron chi connectivity index (χ0n) is 8.47. The van der Waals surface area contributed by atoms with Crippen molar-refractivity contribution in [3.05, 3.63) is 0 Å². The van der Waals surface area contributed by atoms with E-state index in [4.69, 9.17) is 0 Å². The minimum Gasteiger partial charge on any atom is -0.390 e. The molecule has 1 aliphatic rings. The Hall–Kier alpha value is -0.570. The van der Waals surface area contributed by atoms with Crippen molar-refractivity contribution in [2.24, 2.45) is 0 Å². The van der Waals surface area contributed by atoms with Gasteiger partial charge < -0.3 is 10.4 Å². The van der Waals surface area contributed by atoms with Crippen molar-refractivity contribution in [3.63, 3.8) is 0 Å². The van der Waals surface area contributed by atoms with Crippen molar-refractivity contribution in [2.75, 3.05) is 0 Å². The third-order valence-electron chi connectivity index (χ3n) is 2.64. The molecule has 2 atom stereocenters. The molecule has 3 heteroatoms. The van der Waals surface area contributed by atoms with Gasteiger partial charge in [0.1, 0.15) is 0 Å². The fourth-order valence-electron chi connectivity index (χ4n) is 1.92. The van der Waals surface area contributed by atoms with Crippen molar-refractivity contribution in [1.29, 1.82) is 0 Å². The van der Waals surface area contributed by atoms with Gasteiger partial charge in [0.15, 0.2) is 0 Å². The van der Waals surface area contributed by atoms with Gasteiger partial charge in [-0.1, -0.05) is 6.92 Å². The molecule has 13 heavy (non-hydrogen) atoms. The molecule has 1 saturated carbocycles. The number of nitrogens with one attached hydrogen (secondary N) is 1. The molecule has 0 aromatic rings. The number of hydrogen-bond acceptors (Lipinski definition) is 2. The molecule has 1 aliphatic carbocycles. The van der Waals surface area contributed by atoms with Crippen molar-refractivity contribution < 1.29 is 9.90 Å². The van der Waals surface area contributed by atoms with Crippen LogP contribution in [0.4, 0.5) is 0 Å². The summed E-state index contributed by atoms with van der Waals surface area (Å²) in [5, 5.41) is 12.7. The lowest BCUT2D eigenvalue weighted by Gasteiger charge is -2.34. The number of hydrogen-bond donors (Lipinski definition) is 2. The lowest BCUT2D eigenvalue weighted by molar-refractivity contribution is -0.122. The maximum atomic E-state index is 11.1. The Labute approximate surface area is 79.5 Å². The summed E-state index contributed by atoms with van der Waals surface area (Å²) in [6.07, 6.45) is 4.08. The first kappa shape index (κ1) is 10.5. The fourth-order valence-corrected chi connectivity index (χ4v) is 1.92. The van der Waals surface area contributed by atoms with Crippen LogP contribution in [0, 0.1) is 0 Å². The molecule has 3 nitrogen and oxygen atoms in total. The average Bonchev–Trinajstić information content (AvgIpc) is 2.02. The molecule has 1 rings (SSSR count). The van der Waals surface area contributed by atoms with Gasteiger partial charge in [0.25, 0.3) is 0 Å². The lowest BCUT2D eigenvalue weighted by Crippen LogP contribution is -2.44. The van der Waals surface area contributed by atoms with Crippen LogP contribution >= 0.6 is 0 Å². The van der Waals surface area contributed by atoms with Crippen LogP contribution in [0.25, 0.3) is 0 Å². The Morgan fingerprint density at radius 1 is 1.69 bits per heavy atom. The van der Waals surface area contributed by atoms with Gasteiger partial charge in [-0.25, -0.2) is 0 Å². The van der Waals surface area contributed by atoms with Crippen LogP contribution in [0.1, 0.15) is 46.0 Å². The molecular formula is C10H19NO2. The Morgan fingerprint density at radius 2 is 2.38 bits per heavy atom. The largest absolute Gasteiger partial charge is 0.390 e. The first-order valence-electron chi connectivity index (χ1n) is 5.05. The van der Waals surface area contributed by atoms with Crippen LogP contribution in [0.15, 0.2) is 0 Å². The molecule has 0 saturated heterocycles. The van der Waals surface area contributed by atoms with Gasteiger partial charge in [0.2, 0.25) is 5.91 Å². The maximum Gasteiger partial charge on any atom is 0.219 e. The van der Waals surface area contributed by atoms with E-state index in [1.54, 1.807) is 0 Å². The molecule has 76 valence electrons. The summed E-state index contributed by atoms with van der Waals surface area (Å²) in [5.74, 6) is 0.0858. The SMILES string of the molecule is CCC(=O)N[C@@H]1CCC[C@@](C)(O)C1. The predicted molar refractivity (Wildman–Crippen MR) is 51.3 cm³/mol. The molecule has 0 aliphatic heterocycles. The second-order valence-corrected chi connectivity index (χ2v) is 4.21. The molecule has 0 unspecified atom stereocenters. The highest BCUT2D eigenvalue weighted by atomic mass is 16.3. The first-order chi connectivity index (χ1) is 6.03. The fraction of sp³-hybridized carbons (Fsp3) is 0.900. The molecular weight excluding hydrogens is 166 g/mol. The van der Waals surface area contributed by atoms with Crippen molar-refractivity contribution >= 4 is 5.91 Å². The van der Waals surface area contributed by atoms with Crippen LogP contribution in [0.2, 0.25) is 0 Å². The number of carbonyl (C=O) groups is 1. The highest BCUT2D eigenvalue weighted by molar-refractivity contribution is 5.75. The predicted octanol–water partition coefficient (Wildman–Crippen LogP) is 1.21. The van der Waals surface area contributed by atoms with E-state index < -0.39 is 5.60 Å². The smallest absolute Gasteiger partial charge is 0.219 e. The number of carbonyl (C=O) groups excluding carboxylic acids is 1. The Balaban J connectivity index is 2.39. The normalized spacial score (nSPS) is 34.2. The van der Waals surface area contributed by atoms with E-state index in [-0.39, 0.29) is 11.9 Å². The van der Waals surface area contributed by atoms with E-state index in [0.717, 1.165) is 19.3 Å². The molecule has 0 heterocycles. The summed E-state index contributed by atoms with van der Waals surface area (Å²) in [5.41, 5.74) is -0.579. The number of rotatable bonds is 2. The standard InChI is InChI=1S/C10H19NO2/c1-3-9(12)11-8-5-4-6-10(2,13)7-8/h8,13H,3-7H2,1-2H3,(H,11,12)/t8-,10-/m1/s1. The second kappa shape index (κ2) is 4.09.